The van der Waals surface area contributed by atoms with Gasteiger partial charge in [-0.15, -0.1) is 0 Å². The molecule has 0 aliphatic heterocycles. The van der Waals surface area contributed by atoms with Crippen LogP contribution in [0.2, 0.25) is 0 Å². The first-order chi connectivity index (χ1) is 5.04. The second-order valence-electron chi connectivity index (χ2n) is 1.71. The SMILES string of the molecule is O=C(O)CCC(Cl)(SF)SF. The summed E-state index contributed by atoms with van der Waals surface area (Å²) >= 11 is 4.47. The van der Waals surface area contributed by atoms with E-state index in [1.807, 2.05) is 0 Å². The Labute approximate surface area is 76.3 Å². The van der Waals surface area contributed by atoms with Crippen LogP contribution in [0.4, 0.5) is 7.77 Å². The van der Waals surface area contributed by atoms with Crippen LogP contribution in [0.25, 0.3) is 0 Å². The van der Waals surface area contributed by atoms with Crippen LogP contribution >= 0.6 is 35.9 Å². The fourth-order valence-corrected chi connectivity index (χ4v) is 0.893. The van der Waals surface area contributed by atoms with Crippen LogP contribution < -0.4 is 0 Å². The third-order valence-electron chi connectivity index (χ3n) is 0.868. The first-order valence-electron chi connectivity index (χ1n) is 2.54. The number of rotatable bonds is 5. The Balaban J connectivity index is 3.78. The zero-order chi connectivity index (χ0) is 8.91. The second kappa shape index (κ2) is 5.05. The highest BCUT2D eigenvalue weighted by Crippen LogP contribution is 2.46. The van der Waals surface area contributed by atoms with E-state index in [2.05, 4.69) is 0 Å². The minimum absolute atomic E-state index is 0.258. The summed E-state index contributed by atoms with van der Waals surface area (Å²) < 4.78 is 21.9. The van der Waals surface area contributed by atoms with Gasteiger partial charge in [-0.1, -0.05) is 11.6 Å². The van der Waals surface area contributed by atoms with Crippen molar-refractivity contribution >= 4 is 41.9 Å². The van der Waals surface area contributed by atoms with Gasteiger partial charge in [-0.3, -0.25) is 4.79 Å². The quantitative estimate of drug-likeness (QED) is 0.573. The Bertz CT molecular complexity index is 142. The smallest absolute Gasteiger partial charge is 0.303 e. The second-order valence-corrected chi connectivity index (χ2v) is 4.76. The van der Waals surface area contributed by atoms with E-state index in [-0.39, 0.29) is 12.8 Å². The Morgan fingerprint density at radius 2 is 2.00 bits per heavy atom. The normalized spacial score (nSPS) is 11.5. The number of carboxylic acids is 1. The highest BCUT2D eigenvalue weighted by atomic mass is 35.5. The van der Waals surface area contributed by atoms with Crippen molar-refractivity contribution in [1.29, 1.82) is 0 Å². The molecule has 0 spiro atoms. The first-order valence-corrected chi connectivity index (χ1v) is 4.35. The molecule has 0 heterocycles. The number of alkyl halides is 1. The van der Waals surface area contributed by atoms with Gasteiger partial charge in [0.1, 0.15) is 0 Å². The maximum atomic E-state index is 11.8. The lowest BCUT2D eigenvalue weighted by Gasteiger charge is -2.13. The Morgan fingerprint density at radius 3 is 2.27 bits per heavy atom. The minimum Gasteiger partial charge on any atom is -0.481 e. The lowest BCUT2D eigenvalue weighted by atomic mass is 10.3. The summed E-state index contributed by atoms with van der Waals surface area (Å²) in [6, 6.07) is 0. The van der Waals surface area contributed by atoms with E-state index < -0.39 is 33.8 Å². The fraction of sp³-hybridized carbons (Fsp3) is 0.750. The van der Waals surface area contributed by atoms with Gasteiger partial charge in [0.2, 0.25) is 0 Å². The van der Waals surface area contributed by atoms with Crippen molar-refractivity contribution in [1.82, 2.24) is 0 Å². The molecule has 0 rings (SSSR count). The molecule has 0 fully saturated rings. The van der Waals surface area contributed by atoms with Crippen LogP contribution in [0.15, 0.2) is 0 Å². The Kier molecular flexibility index (Phi) is 5.20. The average molecular weight is 223 g/mol. The summed E-state index contributed by atoms with van der Waals surface area (Å²) in [5.74, 6) is -1.13. The predicted octanol–water partition coefficient (Wildman–Crippen LogP) is 2.98. The number of aliphatic carboxylic acids is 1. The largest absolute Gasteiger partial charge is 0.481 e. The molecule has 1 N–H and O–H groups in total. The summed E-state index contributed by atoms with van der Waals surface area (Å²) in [5.41, 5.74) is 0. The van der Waals surface area contributed by atoms with Crippen LogP contribution in [0.5, 0.6) is 0 Å². The molecule has 0 aromatic rings. The fourth-order valence-electron chi connectivity index (χ4n) is 0.345. The van der Waals surface area contributed by atoms with E-state index in [9.17, 15) is 12.6 Å². The summed E-state index contributed by atoms with van der Waals surface area (Å²) in [6.07, 6.45) is -0.608. The monoisotopic (exact) mass is 222 g/mol. The molecule has 0 aromatic heterocycles. The van der Waals surface area contributed by atoms with E-state index in [4.69, 9.17) is 16.7 Å². The van der Waals surface area contributed by atoms with Crippen molar-refractivity contribution in [3.63, 3.8) is 0 Å². The maximum Gasteiger partial charge on any atom is 0.303 e. The number of halogens is 3. The summed E-state index contributed by atoms with van der Waals surface area (Å²) in [4.78, 5) is 9.96. The topological polar surface area (TPSA) is 37.3 Å². The van der Waals surface area contributed by atoms with E-state index in [1.165, 1.54) is 0 Å². The molecule has 0 aromatic carbocycles. The van der Waals surface area contributed by atoms with Crippen molar-refractivity contribution in [3.05, 3.63) is 0 Å². The molecule has 0 bridgehead atoms. The number of carboxylic acid groups (broad SMARTS) is 1. The molecule has 0 radical (unpaired) electrons. The zero-order valence-corrected chi connectivity index (χ0v) is 7.61. The average Bonchev–Trinajstić information content (AvgIpc) is 2.00. The van der Waals surface area contributed by atoms with Crippen LogP contribution in [-0.4, -0.2) is 14.6 Å². The summed E-state index contributed by atoms with van der Waals surface area (Å²) in [7, 11) is 0. The number of hydrogen-bond acceptors (Lipinski definition) is 3. The van der Waals surface area contributed by atoms with Gasteiger partial charge in [-0.25, -0.2) is 0 Å². The van der Waals surface area contributed by atoms with Crippen molar-refractivity contribution in [2.45, 2.75) is 16.4 Å². The molecule has 0 aliphatic rings. The molecule has 7 heteroatoms. The highest BCUT2D eigenvalue weighted by Gasteiger charge is 2.31. The molecule has 0 unspecified atom stereocenters. The molecule has 0 aliphatic carbocycles. The zero-order valence-electron chi connectivity index (χ0n) is 5.22. The van der Waals surface area contributed by atoms with Gasteiger partial charge in [0.25, 0.3) is 0 Å². The van der Waals surface area contributed by atoms with Crippen molar-refractivity contribution in [2.75, 3.05) is 0 Å². The molecular formula is C4H5ClF2O2S2. The lowest BCUT2D eigenvalue weighted by Crippen LogP contribution is -2.10. The predicted molar refractivity (Wildman–Crippen MR) is 42.9 cm³/mol. The molecule has 66 valence electrons. The van der Waals surface area contributed by atoms with Gasteiger partial charge in [0, 0.05) is 12.8 Å². The van der Waals surface area contributed by atoms with Crippen LogP contribution in [-0.2, 0) is 4.79 Å². The van der Waals surface area contributed by atoms with Crippen LogP contribution in [0, 0.1) is 0 Å². The van der Waals surface area contributed by atoms with E-state index >= 15 is 0 Å². The van der Waals surface area contributed by atoms with Crippen molar-refractivity contribution in [2.24, 2.45) is 0 Å². The van der Waals surface area contributed by atoms with Gasteiger partial charge in [0.15, 0.2) is 3.54 Å². The van der Waals surface area contributed by atoms with Gasteiger partial charge in [0.05, 0.1) is 24.3 Å². The molecule has 0 saturated heterocycles. The molecule has 11 heavy (non-hydrogen) atoms. The number of hydrogen-bond donors (Lipinski definition) is 1. The summed E-state index contributed by atoms with van der Waals surface area (Å²) in [6.45, 7) is 0. The van der Waals surface area contributed by atoms with E-state index in [1.54, 1.807) is 0 Å². The molecule has 0 atom stereocenters. The third-order valence-corrected chi connectivity index (χ3v) is 2.65. The molecular weight excluding hydrogens is 218 g/mol. The van der Waals surface area contributed by atoms with Gasteiger partial charge >= 0.3 is 5.97 Å². The van der Waals surface area contributed by atoms with Crippen LogP contribution in [0.1, 0.15) is 12.8 Å². The van der Waals surface area contributed by atoms with Gasteiger partial charge in [-0.2, -0.15) is 7.77 Å². The molecule has 0 amide bonds. The van der Waals surface area contributed by atoms with Crippen molar-refractivity contribution in [3.8, 4) is 0 Å². The highest BCUT2D eigenvalue weighted by molar-refractivity contribution is 8.15. The van der Waals surface area contributed by atoms with E-state index in [0.29, 0.717) is 0 Å². The molecule has 2 nitrogen and oxygen atoms in total. The van der Waals surface area contributed by atoms with Crippen molar-refractivity contribution < 1.29 is 17.7 Å². The third kappa shape index (κ3) is 4.71. The lowest BCUT2D eigenvalue weighted by molar-refractivity contribution is -0.137. The first kappa shape index (κ1) is 11.3. The van der Waals surface area contributed by atoms with Crippen LogP contribution in [0.3, 0.4) is 0 Å². The van der Waals surface area contributed by atoms with Gasteiger partial charge in [-0.05, 0) is 0 Å². The van der Waals surface area contributed by atoms with E-state index in [0.717, 1.165) is 0 Å². The summed E-state index contributed by atoms with van der Waals surface area (Å²) in [5, 5.41) is 8.15. The minimum atomic E-state index is -1.79. The molecule has 0 saturated carbocycles. The Morgan fingerprint density at radius 1 is 1.55 bits per heavy atom. The standard InChI is InChI=1S/C4H5ClF2O2S2/c5-4(10-6,11-7)2-1-3(8)9/h1-2H2,(H,8,9). The maximum absolute atomic E-state index is 11.8. The van der Waals surface area contributed by atoms with Gasteiger partial charge < -0.3 is 5.11 Å². The Hall–Kier alpha value is 0.320. The number of carbonyl (C=O) groups is 1.